The molecule has 0 aliphatic rings. The van der Waals surface area contributed by atoms with Gasteiger partial charge in [0, 0.05) is 6.54 Å². The molecule has 2 N–H and O–H groups in total. The van der Waals surface area contributed by atoms with Crippen LogP contribution in [-0.2, 0) is 33.0 Å². The van der Waals surface area contributed by atoms with E-state index in [9.17, 15) is 14.0 Å². The minimum absolute atomic E-state index is 0.132. The highest BCUT2D eigenvalue weighted by Crippen LogP contribution is 2.40. The van der Waals surface area contributed by atoms with Gasteiger partial charge in [-0.05, 0) is 53.3 Å². The molecule has 5 aromatic rings. The van der Waals surface area contributed by atoms with E-state index in [0.717, 1.165) is 22.3 Å². The van der Waals surface area contributed by atoms with Gasteiger partial charge in [0.1, 0.15) is 11.2 Å². The molecule has 0 heterocycles. The van der Waals surface area contributed by atoms with Crippen LogP contribution in [0.4, 0.5) is 4.39 Å². The van der Waals surface area contributed by atoms with Crippen molar-refractivity contribution in [1.82, 2.24) is 10.8 Å². The third-order valence-corrected chi connectivity index (χ3v) is 7.61. The number of hydrogen-bond acceptors (Lipinski definition) is 3. The minimum Gasteiger partial charge on any atom is -0.351 e. The topological polar surface area (TPSA) is 67.4 Å². The van der Waals surface area contributed by atoms with Gasteiger partial charge in [0.15, 0.2) is 5.60 Å². The lowest BCUT2D eigenvalue weighted by molar-refractivity contribution is -0.158. The molecule has 43 heavy (non-hydrogen) atoms. The molecule has 5 aromatic carbocycles. The Labute approximate surface area is 251 Å². The van der Waals surface area contributed by atoms with E-state index >= 15 is 0 Å². The van der Waals surface area contributed by atoms with Crippen molar-refractivity contribution >= 4 is 11.8 Å². The zero-order chi connectivity index (χ0) is 30.1. The molecule has 216 valence electrons. The molecular formula is C37H33FN2O3. The lowest BCUT2D eigenvalue weighted by Gasteiger charge is -2.36. The minimum atomic E-state index is -1.54. The summed E-state index contributed by atoms with van der Waals surface area (Å²) in [4.78, 5) is 34.5. The van der Waals surface area contributed by atoms with Crippen molar-refractivity contribution < 1.29 is 18.8 Å². The van der Waals surface area contributed by atoms with Crippen molar-refractivity contribution in [3.63, 3.8) is 0 Å². The number of hydrogen-bond donors (Lipinski definition) is 2. The number of halogens is 1. The predicted octanol–water partition coefficient (Wildman–Crippen LogP) is 6.73. The number of carbonyl (C=O) groups excluding carboxylic acids is 2. The maximum Gasteiger partial charge on any atom is 0.259 e. The lowest BCUT2D eigenvalue weighted by Crippen LogP contribution is -2.52. The van der Waals surface area contributed by atoms with Crippen LogP contribution < -0.4 is 10.8 Å². The van der Waals surface area contributed by atoms with Crippen LogP contribution in [0.15, 0.2) is 146 Å². The van der Waals surface area contributed by atoms with Gasteiger partial charge < -0.3 is 5.32 Å². The van der Waals surface area contributed by atoms with E-state index in [1.54, 1.807) is 19.1 Å². The van der Waals surface area contributed by atoms with E-state index < -0.39 is 22.8 Å². The summed E-state index contributed by atoms with van der Waals surface area (Å²) in [6, 6.07) is 44.2. The van der Waals surface area contributed by atoms with Gasteiger partial charge in [0.05, 0.1) is 0 Å². The molecule has 6 heteroatoms. The Kier molecular flexibility index (Phi) is 9.08. The summed E-state index contributed by atoms with van der Waals surface area (Å²) in [6.45, 7) is 1.74. The second kappa shape index (κ2) is 13.3. The number of nitrogens with one attached hydrogen (secondary N) is 2. The normalized spacial score (nSPS) is 12.6. The molecule has 0 radical (unpaired) electrons. The van der Waals surface area contributed by atoms with Gasteiger partial charge in [-0.3, -0.25) is 14.4 Å². The van der Waals surface area contributed by atoms with Crippen molar-refractivity contribution in [2.75, 3.05) is 0 Å². The second-order valence-electron chi connectivity index (χ2n) is 10.6. The van der Waals surface area contributed by atoms with E-state index in [2.05, 4.69) is 10.8 Å². The first-order valence-corrected chi connectivity index (χ1v) is 14.1. The summed E-state index contributed by atoms with van der Waals surface area (Å²) >= 11 is 0. The van der Waals surface area contributed by atoms with Crippen LogP contribution in [0.3, 0.4) is 0 Å². The summed E-state index contributed by atoms with van der Waals surface area (Å²) in [5.41, 5.74) is 3.90. The molecule has 1 unspecified atom stereocenters. The molecule has 0 bridgehead atoms. The number of amides is 2. The van der Waals surface area contributed by atoms with Crippen molar-refractivity contribution in [2.24, 2.45) is 5.41 Å². The van der Waals surface area contributed by atoms with Crippen molar-refractivity contribution in [3.8, 4) is 0 Å². The van der Waals surface area contributed by atoms with Crippen LogP contribution in [0.1, 0.15) is 34.7 Å². The highest BCUT2D eigenvalue weighted by Gasteiger charge is 2.44. The maximum absolute atomic E-state index is 14.2. The highest BCUT2D eigenvalue weighted by molar-refractivity contribution is 6.04. The van der Waals surface area contributed by atoms with Gasteiger partial charge in [-0.2, -0.15) is 0 Å². The second-order valence-corrected chi connectivity index (χ2v) is 10.6. The fourth-order valence-corrected chi connectivity index (χ4v) is 5.18. The van der Waals surface area contributed by atoms with E-state index in [1.165, 1.54) is 12.1 Å². The number of hydroxylamine groups is 1. The van der Waals surface area contributed by atoms with Crippen molar-refractivity contribution in [3.05, 3.63) is 179 Å². The summed E-state index contributed by atoms with van der Waals surface area (Å²) in [5.74, 6) is -1.44. The van der Waals surface area contributed by atoms with Crippen LogP contribution in [-0.4, -0.2) is 11.8 Å². The highest BCUT2D eigenvalue weighted by atomic mass is 19.1. The SMILES string of the molecule is CC(Cc1ccccc1)(C(=O)NCc1ccc(F)cc1)C(=O)NOC(c1ccccc1)(c1ccccc1)c1ccccc1. The number of rotatable bonds is 11. The van der Waals surface area contributed by atoms with Crippen LogP contribution in [0.5, 0.6) is 0 Å². The maximum atomic E-state index is 14.2. The van der Waals surface area contributed by atoms with Crippen LogP contribution in [0.2, 0.25) is 0 Å². The van der Waals surface area contributed by atoms with Gasteiger partial charge in [-0.1, -0.05) is 133 Å². The van der Waals surface area contributed by atoms with Gasteiger partial charge >= 0.3 is 0 Å². The quantitative estimate of drug-likeness (QED) is 0.105. The molecule has 5 rings (SSSR count). The predicted molar refractivity (Wildman–Crippen MR) is 165 cm³/mol. The first-order valence-electron chi connectivity index (χ1n) is 14.1. The Morgan fingerprint density at radius 3 is 1.51 bits per heavy atom. The molecule has 0 aliphatic carbocycles. The Morgan fingerprint density at radius 1 is 0.605 bits per heavy atom. The molecule has 2 amide bonds. The van der Waals surface area contributed by atoms with Crippen molar-refractivity contribution in [2.45, 2.75) is 25.5 Å². The first-order chi connectivity index (χ1) is 20.9. The van der Waals surface area contributed by atoms with Gasteiger partial charge in [-0.15, -0.1) is 0 Å². The van der Waals surface area contributed by atoms with Gasteiger partial charge in [0.25, 0.3) is 5.91 Å². The Bertz CT molecular complexity index is 1530. The molecule has 5 nitrogen and oxygen atoms in total. The van der Waals surface area contributed by atoms with Crippen LogP contribution >= 0.6 is 0 Å². The van der Waals surface area contributed by atoms with Gasteiger partial charge in [-0.25, -0.2) is 9.87 Å². The molecule has 0 saturated heterocycles. The molecule has 1 atom stereocenters. The van der Waals surface area contributed by atoms with Crippen molar-refractivity contribution in [1.29, 1.82) is 0 Å². The first kappa shape index (κ1) is 29.4. The smallest absolute Gasteiger partial charge is 0.259 e. The molecule has 0 saturated carbocycles. The summed E-state index contributed by atoms with van der Waals surface area (Å²) in [7, 11) is 0. The zero-order valence-electron chi connectivity index (χ0n) is 23.9. The van der Waals surface area contributed by atoms with Crippen LogP contribution in [0.25, 0.3) is 0 Å². The largest absolute Gasteiger partial charge is 0.351 e. The molecular weight excluding hydrogens is 539 g/mol. The Morgan fingerprint density at radius 2 is 1.05 bits per heavy atom. The fraction of sp³-hybridized carbons (Fsp3) is 0.135. The third kappa shape index (κ3) is 6.55. The van der Waals surface area contributed by atoms with E-state index in [0.29, 0.717) is 5.56 Å². The summed E-state index contributed by atoms with van der Waals surface area (Å²) in [5, 5.41) is 2.87. The Balaban J connectivity index is 1.50. The molecule has 0 fully saturated rings. The number of benzene rings is 5. The average molecular weight is 573 g/mol. The monoisotopic (exact) mass is 572 g/mol. The summed E-state index contributed by atoms with van der Waals surface area (Å²) in [6.07, 6.45) is 0.132. The van der Waals surface area contributed by atoms with Gasteiger partial charge in [0.2, 0.25) is 5.91 Å². The average Bonchev–Trinajstić information content (AvgIpc) is 3.06. The lowest BCUT2D eigenvalue weighted by atomic mass is 9.80. The standard InChI is InChI=1S/C37H33FN2O3/c1-36(26-28-14-6-2-7-15-28,34(41)39-27-29-22-24-33(38)25-23-29)35(42)40-43-37(30-16-8-3-9-17-30,31-18-10-4-11-19-31)32-20-12-5-13-21-32/h2-25H,26-27H2,1H3,(H,39,41)(H,40,42). The number of carbonyl (C=O) groups is 2. The zero-order valence-corrected chi connectivity index (χ0v) is 23.9. The molecule has 0 spiro atoms. The van der Waals surface area contributed by atoms with E-state index in [1.807, 2.05) is 121 Å². The summed E-state index contributed by atoms with van der Waals surface area (Å²) < 4.78 is 13.4. The van der Waals surface area contributed by atoms with E-state index in [-0.39, 0.29) is 18.8 Å². The molecule has 0 aromatic heterocycles. The molecule has 0 aliphatic heterocycles. The third-order valence-electron chi connectivity index (χ3n) is 7.61. The fourth-order valence-electron chi connectivity index (χ4n) is 5.18. The van der Waals surface area contributed by atoms with E-state index in [4.69, 9.17) is 4.84 Å². The van der Waals surface area contributed by atoms with Crippen LogP contribution in [0, 0.1) is 11.2 Å². The Hall–Kier alpha value is -5.07.